The predicted octanol–water partition coefficient (Wildman–Crippen LogP) is 3.57. The van der Waals surface area contributed by atoms with Gasteiger partial charge in [-0.25, -0.2) is 9.78 Å². The van der Waals surface area contributed by atoms with Crippen LogP contribution in [0, 0.1) is 0 Å². The average Bonchev–Trinajstić information content (AvgIpc) is 3.56. The molecule has 0 fully saturated rings. The highest BCUT2D eigenvalue weighted by atomic mass is 32.1. The van der Waals surface area contributed by atoms with Crippen LogP contribution in [0.2, 0.25) is 0 Å². The van der Waals surface area contributed by atoms with Crippen LogP contribution < -0.4 is 16.1 Å². The standard InChI is InChI=1S/C23H17N5O3S2/c1-25-20-18(22(30)26(2)23(25)31)27-11-17(29)28(16-8-10-33-19(16)21(27)24-20)15-5-3-13(4-6-15)14-7-9-32-12-14/h3-10,12H,11H2,1-2H3. The van der Waals surface area contributed by atoms with Crippen molar-refractivity contribution in [2.24, 2.45) is 14.1 Å². The molecule has 0 aliphatic carbocycles. The Bertz CT molecular complexity index is 1670. The molecule has 33 heavy (non-hydrogen) atoms. The van der Waals surface area contributed by atoms with Gasteiger partial charge in [-0.15, -0.1) is 11.3 Å². The summed E-state index contributed by atoms with van der Waals surface area (Å²) in [5, 5.41) is 6.02. The summed E-state index contributed by atoms with van der Waals surface area (Å²) in [6, 6.07) is 11.8. The van der Waals surface area contributed by atoms with E-state index < -0.39 is 11.2 Å². The maximum atomic E-state index is 13.5. The van der Waals surface area contributed by atoms with Gasteiger partial charge in [0.2, 0.25) is 0 Å². The number of aryl methyl sites for hydroxylation is 1. The minimum Gasteiger partial charge on any atom is -0.308 e. The van der Waals surface area contributed by atoms with E-state index in [0.29, 0.717) is 11.5 Å². The fraction of sp³-hybridized carbons (Fsp3) is 0.130. The van der Waals surface area contributed by atoms with Crippen molar-refractivity contribution in [1.82, 2.24) is 18.7 Å². The number of carbonyl (C=O) groups excluding carboxylic acids is 1. The molecule has 10 heteroatoms. The van der Waals surface area contributed by atoms with Crippen molar-refractivity contribution >= 4 is 51.1 Å². The smallest absolute Gasteiger partial charge is 0.308 e. The SMILES string of the molecule is Cn1c(=O)c2c(nc3n2CC(=O)N(c2ccc(-c4ccsc4)cc2)c2ccsc2-3)n(C)c1=O. The van der Waals surface area contributed by atoms with E-state index in [2.05, 4.69) is 16.4 Å². The van der Waals surface area contributed by atoms with Gasteiger partial charge in [-0.3, -0.25) is 23.6 Å². The highest BCUT2D eigenvalue weighted by molar-refractivity contribution is 7.14. The van der Waals surface area contributed by atoms with Crippen LogP contribution in [0.15, 0.2) is 62.1 Å². The van der Waals surface area contributed by atoms with Gasteiger partial charge in [0, 0.05) is 19.8 Å². The quantitative estimate of drug-likeness (QED) is 0.391. The minimum atomic E-state index is -0.466. The molecule has 0 N–H and O–H groups in total. The van der Waals surface area contributed by atoms with Crippen molar-refractivity contribution in [3.05, 3.63) is 73.4 Å². The number of carbonyl (C=O) groups is 1. The van der Waals surface area contributed by atoms with Crippen molar-refractivity contribution < 1.29 is 4.79 Å². The van der Waals surface area contributed by atoms with E-state index in [-0.39, 0.29) is 23.6 Å². The van der Waals surface area contributed by atoms with Crippen LogP contribution in [0.5, 0.6) is 0 Å². The van der Waals surface area contributed by atoms with Crippen LogP contribution in [0.25, 0.3) is 33.0 Å². The van der Waals surface area contributed by atoms with Crippen molar-refractivity contribution in [2.75, 3.05) is 4.90 Å². The van der Waals surface area contributed by atoms with Crippen molar-refractivity contribution in [2.45, 2.75) is 6.54 Å². The van der Waals surface area contributed by atoms with E-state index >= 15 is 0 Å². The Labute approximate surface area is 195 Å². The normalized spacial score (nSPS) is 13.3. The highest BCUT2D eigenvalue weighted by Crippen LogP contribution is 2.42. The summed E-state index contributed by atoms with van der Waals surface area (Å²) in [4.78, 5) is 46.0. The van der Waals surface area contributed by atoms with Crippen LogP contribution in [0.1, 0.15) is 0 Å². The van der Waals surface area contributed by atoms with Crippen LogP contribution in [0.3, 0.4) is 0 Å². The Balaban J connectivity index is 1.54. The molecule has 0 radical (unpaired) electrons. The summed E-state index contributed by atoms with van der Waals surface area (Å²) in [5.74, 6) is 0.325. The summed E-state index contributed by atoms with van der Waals surface area (Å²) in [7, 11) is 3.01. The van der Waals surface area contributed by atoms with Crippen LogP contribution in [-0.4, -0.2) is 24.6 Å². The maximum Gasteiger partial charge on any atom is 0.332 e. The Hall–Kier alpha value is -3.76. The number of aromatic nitrogens is 4. The van der Waals surface area contributed by atoms with Crippen LogP contribution in [0.4, 0.5) is 11.4 Å². The number of rotatable bonds is 2. The lowest BCUT2D eigenvalue weighted by Crippen LogP contribution is -2.38. The number of imidazole rings is 1. The van der Waals surface area contributed by atoms with Gasteiger partial charge >= 0.3 is 5.69 Å². The average molecular weight is 476 g/mol. The Morgan fingerprint density at radius 3 is 2.42 bits per heavy atom. The second-order valence-corrected chi connectivity index (χ2v) is 9.52. The van der Waals surface area contributed by atoms with E-state index in [9.17, 15) is 14.4 Å². The second-order valence-electron chi connectivity index (χ2n) is 7.82. The number of benzene rings is 1. The molecule has 8 nitrogen and oxygen atoms in total. The molecule has 1 aliphatic rings. The zero-order chi connectivity index (χ0) is 22.9. The Kier molecular flexibility index (Phi) is 4.29. The molecule has 0 bridgehead atoms. The van der Waals surface area contributed by atoms with Crippen LogP contribution in [-0.2, 0) is 25.4 Å². The van der Waals surface area contributed by atoms with Gasteiger partial charge in [0.05, 0.1) is 10.6 Å². The van der Waals surface area contributed by atoms with Gasteiger partial charge in [-0.2, -0.15) is 11.3 Å². The van der Waals surface area contributed by atoms with E-state index in [1.54, 1.807) is 27.9 Å². The lowest BCUT2D eigenvalue weighted by molar-refractivity contribution is -0.118. The number of fused-ring (bicyclic) bond motifs is 5. The first-order chi connectivity index (χ1) is 16.0. The highest BCUT2D eigenvalue weighted by Gasteiger charge is 2.32. The fourth-order valence-electron chi connectivity index (χ4n) is 4.27. The van der Waals surface area contributed by atoms with Crippen LogP contribution >= 0.6 is 22.7 Å². The zero-order valence-electron chi connectivity index (χ0n) is 17.7. The number of anilines is 2. The third-order valence-electron chi connectivity index (χ3n) is 5.96. The number of thiophene rings is 2. The number of amides is 1. The van der Waals surface area contributed by atoms with Gasteiger partial charge in [0.1, 0.15) is 6.54 Å². The molecular weight excluding hydrogens is 458 g/mol. The predicted molar refractivity (Wildman–Crippen MR) is 130 cm³/mol. The monoisotopic (exact) mass is 475 g/mol. The minimum absolute atomic E-state index is 0.0625. The molecule has 4 aromatic heterocycles. The third-order valence-corrected chi connectivity index (χ3v) is 7.54. The topological polar surface area (TPSA) is 82.1 Å². The summed E-state index contributed by atoms with van der Waals surface area (Å²) in [6.07, 6.45) is 0. The summed E-state index contributed by atoms with van der Waals surface area (Å²) >= 11 is 3.09. The Morgan fingerprint density at radius 2 is 1.70 bits per heavy atom. The van der Waals surface area contributed by atoms with Crippen molar-refractivity contribution in [3.8, 4) is 21.8 Å². The zero-order valence-corrected chi connectivity index (χ0v) is 19.3. The summed E-state index contributed by atoms with van der Waals surface area (Å²) < 4.78 is 4.02. The molecule has 1 aromatic carbocycles. The van der Waals surface area contributed by atoms with E-state index in [0.717, 1.165) is 26.3 Å². The molecule has 0 atom stereocenters. The first kappa shape index (κ1) is 19.9. The number of hydrogen-bond acceptors (Lipinski definition) is 6. The number of nitrogens with zero attached hydrogens (tertiary/aromatic N) is 5. The second kappa shape index (κ2) is 7.12. The summed E-state index contributed by atoms with van der Waals surface area (Å²) in [6.45, 7) is -0.0625. The molecule has 0 unspecified atom stereocenters. The molecule has 1 amide bonds. The van der Waals surface area contributed by atoms with E-state index in [4.69, 9.17) is 0 Å². The van der Waals surface area contributed by atoms with Gasteiger partial charge < -0.3 is 4.57 Å². The molecule has 0 saturated heterocycles. The molecule has 5 heterocycles. The van der Waals surface area contributed by atoms with Gasteiger partial charge in [-0.1, -0.05) is 12.1 Å². The van der Waals surface area contributed by atoms with Gasteiger partial charge in [0.25, 0.3) is 11.5 Å². The molecule has 0 spiro atoms. The third kappa shape index (κ3) is 2.81. The summed E-state index contributed by atoms with van der Waals surface area (Å²) in [5.41, 5.74) is 3.28. The molecule has 1 aliphatic heterocycles. The molecular formula is C23H17N5O3S2. The lowest BCUT2D eigenvalue weighted by Gasteiger charge is -2.21. The first-order valence-corrected chi connectivity index (χ1v) is 12.0. The van der Waals surface area contributed by atoms with Crippen molar-refractivity contribution in [3.63, 3.8) is 0 Å². The molecule has 0 saturated carbocycles. The van der Waals surface area contributed by atoms with Crippen molar-refractivity contribution in [1.29, 1.82) is 0 Å². The largest absolute Gasteiger partial charge is 0.332 e. The molecule has 5 aromatic rings. The number of hydrogen-bond donors (Lipinski definition) is 0. The maximum absolute atomic E-state index is 13.5. The lowest BCUT2D eigenvalue weighted by atomic mass is 10.1. The van der Waals surface area contributed by atoms with E-state index in [1.807, 2.05) is 41.1 Å². The van der Waals surface area contributed by atoms with Gasteiger partial charge in [-0.05, 0) is 51.5 Å². The van der Waals surface area contributed by atoms with Gasteiger partial charge in [0.15, 0.2) is 17.0 Å². The fourth-order valence-corrected chi connectivity index (χ4v) is 5.81. The first-order valence-electron chi connectivity index (χ1n) is 10.2. The molecule has 164 valence electrons. The van der Waals surface area contributed by atoms with E-state index in [1.165, 1.54) is 23.0 Å². The molecule has 6 rings (SSSR count). The Morgan fingerprint density at radius 1 is 0.909 bits per heavy atom.